The van der Waals surface area contributed by atoms with Crippen LogP contribution in [-0.4, -0.2) is 53.0 Å². The molecule has 0 spiro atoms. The third kappa shape index (κ3) is 5.20. The van der Waals surface area contributed by atoms with Crippen LogP contribution in [0.25, 0.3) is 5.76 Å². The second-order valence-electron chi connectivity index (χ2n) is 7.85. The Kier molecular flexibility index (Phi) is 7.44. The van der Waals surface area contributed by atoms with E-state index in [0.29, 0.717) is 24.3 Å². The van der Waals surface area contributed by atoms with Crippen molar-refractivity contribution >= 4 is 23.1 Å². The maximum absolute atomic E-state index is 13.0. The van der Waals surface area contributed by atoms with Crippen molar-refractivity contribution in [3.05, 3.63) is 75.3 Å². The highest BCUT2D eigenvalue weighted by molar-refractivity contribution is 6.46. The van der Waals surface area contributed by atoms with Crippen LogP contribution in [0.1, 0.15) is 37.4 Å². The number of hydrogen-bond donors (Lipinski definition) is 1. The van der Waals surface area contributed by atoms with Gasteiger partial charge in [-0.15, -0.1) is 0 Å². The van der Waals surface area contributed by atoms with Crippen molar-refractivity contribution in [1.29, 1.82) is 0 Å². The number of nitrogens with zero attached hydrogens (tertiary/aromatic N) is 2. The van der Waals surface area contributed by atoms with E-state index in [2.05, 4.69) is 0 Å². The number of aliphatic hydroxyl groups excluding tert-OH is 1. The molecule has 2 aromatic carbocycles. The molecule has 0 bridgehead atoms. The van der Waals surface area contributed by atoms with Crippen molar-refractivity contribution in [1.82, 2.24) is 4.90 Å². The zero-order valence-electron chi connectivity index (χ0n) is 18.7. The summed E-state index contributed by atoms with van der Waals surface area (Å²) in [4.78, 5) is 37.9. The lowest BCUT2D eigenvalue weighted by molar-refractivity contribution is -0.384. The van der Waals surface area contributed by atoms with Gasteiger partial charge in [0, 0.05) is 30.8 Å². The number of carbonyl (C=O) groups is 2. The van der Waals surface area contributed by atoms with Gasteiger partial charge in [0.25, 0.3) is 17.4 Å². The van der Waals surface area contributed by atoms with Crippen LogP contribution < -0.4 is 4.74 Å². The van der Waals surface area contributed by atoms with E-state index in [1.54, 1.807) is 24.3 Å². The second-order valence-corrected chi connectivity index (χ2v) is 7.85. The number of ketones is 1. The third-order valence-electron chi connectivity index (χ3n) is 5.30. The minimum Gasteiger partial charge on any atom is -0.507 e. The number of Topliss-reactive ketones (excluding diaryl/α,β-unsaturated/α-hetero) is 1. The maximum atomic E-state index is 13.0. The predicted octanol–water partition coefficient (Wildman–Crippen LogP) is 3.84. The molecular weight excluding hydrogens is 428 g/mol. The van der Waals surface area contributed by atoms with E-state index in [1.165, 1.54) is 36.3 Å². The summed E-state index contributed by atoms with van der Waals surface area (Å²) in [6, 6.07) is 11.3. The van der Waals surface area contributed by atoms with E-state index >= 15 is 0 Å². The molecule has 1 saturated heterocycles. The van der Waals surface area contributed by atoms with Crippen molar-refractivity contribution in [2.24, 2.45) is 0 Å². The lowest BCUT2D eigenvalue weighted by Crippen LogP contribution is -2.31. The normalized spacial score (nSPS) is 17.6. The van der Waals surface area contributed by atoms with Gasteiger partial charge in [0.05, 0.1) is 29.8 Å². The number of nitro groups is 1. The second kappa shape index (κ2) is 10.3. The zero-order chi connectivity index (χ0) is 24.1. The molecule has 33 heavy (non-hydrogen) atoms. The van der Waals surface area contributed by atoms with Gasteiger partial charge in [0.1, 0.15) is 11.5 Å². The molecule has 0 saturated carbocycles. The average molecular weight is 454 g/mol. The molecule has 1 heterocycles. The highest BCUT2D eigenvalue weighted by Crippen LogP contribution is 2.40. The molecule has 1 amide bonds. The third-order valence-corrected chi connectivity index (χ3v) is 5.30. The molecule has 0 aliphatic carbocycles. The minimum atomic E-state index is -0.853. The summed E-state index contributed by atoms with van der Waals surface area (Å²) in [7, 11) is 1.53. The molecule has 3 rings (SSSR count). The van der Waals surface area contributed by atoms with Gasteiger partial charge in [-0.25, -0.2) is 0 Å². The topological polar surface area (TPSA) is 119 Å². The number of hydrogen-bond acceptors (Lipinski definition) is 7. The van der Waals surface area contributed by atoms with Crippen molar-refractivity contribution in [2.45, 2.75) is 32.4 Å². The number of benzene rings is 2. The summed E-state index contributed by atoms with van der Waals surface area (Å²) in [5.41, 5.74) is 0.339. The fourth-order valence-electron chi connectivity index (χ4n) is 3.72. The summed E-state index contributed by atoms with van der Waals surface area (Å²) >= 11 is 0. The fraction of sp³-hybridized carbons (Fsp3) is 0.333. The van der Waals surface area contributed by atoms with Gasteiger partial charge in [-0.05, 0) is 38.0 Å². The molecule has 174 valence electrons. The van der Waals surface area contributed by atoms with Crippen LogP contribution in [0.3, 0.4) is 0 Å². The molecule has 1 unspecified atom stereocenters. The number of nitro benzene ring substituents is 1. The molecule has 0 radical (unpaired) electrons. The van der Waals surface area contributed by atoms with Crippen LogP contribution in [0.5, 0.6) is 5.75 Å². The number of rotatable bonds is 9. The number of ether oxygens (including phenoxy) is 2. The highest BCUT2D eigenvalue weighted by Gasteiger charge is 2.45. The number of aliphatic hydroxyl groups is 1. The molecule has 1 fully saturated rings. The average Bonchev–Trinajstić information content (AvgIpc) is 3.06. The largest absolute Gasteiger partial charge is 0.507 e. The lowest BCUT2D eigenvalue weighted by Gasteiger charge is -2.25. The first-order valence-corrected chi connectivity index (χ1v) is 10.5. The van der Waals surface area contributed by atoms with Gasteiger partial charge in [0.15, 0.2) is 0 Å². The Hall–Kier alpha value is -3.72. The van der Waals surface area contributed by atoms with Crippen LogP contribution >= 0.6 is 0 Å². The van der Waals surface area contributed by atoms with E-state index in [4.69, 9.17) is 9.47 Å². The predicted molar refractivity (Wildman–Crippen MR) is 121 cm³/mol. The first-order chi connectivity index (χ1) is 15.7. The Morgan fingerprint density at radius 3 is 2.48 bits per heavy atom. The van der Waals surface area contributed by atoms with Gasteiger partial charge in [-0.1, -0.05) is 24.3 Å². The monoisotopic (exact) mass is 454 g/mol. The molecule has 1 N–H and O–H groups in total. The van der Waals surface area contributed by atoms with Gasteiger partial charge in [-0.3, -0.25) is 19.7 Å². The summed E-state index contributed by atoms with van der Waals surface area (Å²) in [6.45, 7) is 4.45. The van der Waals surface area contributed by atoms with Gasteiger partial charge < -0.3 is 19.5 Å². The molecule has 0 aromatic heterocycles. The van der Waals surface area contributed by atoms with Gasteiger partial charge >= 0.3 is 0 Å². The SMILES string of the molecule is COc1ccc(C2/C(=C(/O)c3cccc([N+](=O)[O-])c3)C(=O)C(=O)N2CCCOC(C)C)cc1. The minimum absolute atomic E-state index is 0.0340. The Balaban J connectivity index is 2.06. The number of methoxy groups -OCH3 is 1. The quantitative estimate of drug-likeness (QED) is 0.153. The zero-order valence-corrected chi connectivity index (χ0v) is 18.7. The summed E-state index contributed by atoms with van der Waals surface area (Å²) < 4.78 is 10.7. The lowest BCUT2D eigenvalue weighted by atomic mass is 9.95. The Morgan fingerprint density at radius 1 is 1.18 bits per heavy atom. The van der Waals surface area contributed by atoms with Crippen LogP contribution in [0.2, 0.25) is 0 Å². The van der Waals surface area contributed by atoms with Crippen molar-refractivity contribution < 1.29 is 29.1 Å². The van der Waals surface area contributed by atoms with E-state index in [9.17, 15) is 24.8 Å². The van der Waals surface area contributed by atoms with Crippen molar-refractivity contribution in [3.63, 3.8) is 0 Å². The Bertz CT molecular complexity index is 1080. The van der Waals surface area contributed by atoms with Gasteiger partial charge in [0.2, 0.25) is 0 Å². The van der Waals surface area contributed by atoms with Crippen LogP contribution in [0, 0.1) is 10.1 Å². The van der Waals surface area contributed by atoms with Crippen molar-refractivity contribution in [3.8, 4) is 5.75 Å². The Morgan fingerprint density at radius 2 is 1.88 bits per heavy atom. The molecule has 1 aliphatic heterocycles. The molecule has 1 aliphatic rings. The number of carbonyl (C=O) groups excluding carboxylic acids is 2. The maximum Gasteiger partial charge on any atom is 0.295 e. The Labute approximate surface area is 191 Å². The van der Waals surface area contributed by atoms with Crippen LogP contribution in [0.4, 0.5) is 5.69 Å². The van der Waals surface area contributed by atoms with Crippen LogP contribution in [0.15, 0.2) is 54.1 Å². The smallest absolute Gasteiger partial charge is 0.295 e. The first-order valence-electron chi connectivity index (χ1n) is 10.5. The van der Waals surface area contributed by atoms with E-state index < -0.39 is 28.4 Å². The summed E-state index contributed by atoms with van der Waals surface area (Å²) in [6.07, 6.45) is 0.529. The molecular formula is C24H26N2O7. The molecule has 2 aromatic rings. The highest BCUT2D eigenvalue weighted by atomic mass is 16.6. The van der Waals surface area contributed by atoms with E-state index in [-0.39, 0.29) is 29.5 Å². The standard InChI is InChI=1S/C24H26N2O7/c1-15(2)33-13-5-12-25-21(16-8-10-19(32-3)11-9-16)20(23(28)24(25)29)22(27)17-6-4-7-18(14-17)26(30)31/h4,6-11,14-15,21,27H,5,12-13H2,1-3H3/b22-20-. The van der Waals surface area contributed by atoms with Gasteiger partial charge in [-0.2, -0.15) is 0 Å². The van der Waals surface area contributed by atoms with Crippen LogP contribution in [-0.2, 0) is 14.3 Å². The van der Waals surface area contributed by atoms with E-state index in [1.807, 2.05) is 13.8 Å². The fourth-order valence-corrected chi connectivity index (χ4v) is 3.72. The molecule has 9 nitrogen and oxygen atoms in total. The number of non-ortho nitro benzene ring substituents is 1. The first kappa shape index (κ1) is 23.9. The van der Waals surface area contributed by atoms with E-state index in [0.717, 1.165) is 0 Å². The molecule has 9 heteroatoms. The summed E-state index contributed by atoms with van der Waals surface area (Å²) in [5.74, 6) is -1.45. The number of amides is 1. The number of likely N-dealkylation sites (tertiary alicyclic amines) is 1. The van der Waals surface area contributed by atoms with Crippen molar-refractivity contribution in [2.75, 3.05) is 20.3 Å². The summed E-state index contributed by atoms with van der Waals surface area (Å²) in [5, 5.41) is 22.2. The molecule has 1 atom stereocenters.